The number of rotatable bonds is 4. The Hall–Kier alpha value is -1.95. The van der Waals surface area contributed by atoms with Gasteiger partial charge in [0.1, 0.15) is 5.82 Å². The highest BCUT2D eigenvalue weighted by atomic mass is 79.9. The molecule has 0 spiro atoms. The summed E-state index contributed by atoms with van der Waals surface area (Å²) in [5.74, 6) is 0.731. The van der Waals surface area contributed by atoms with Crippen molar-refractivity contribution in [1.29, 1.82) is 0 Å². The average molecular weight is 322 g/mol. The predicted octanol–water partition coefficient (Wildman–Crippen LogP) is 3.67. The van der Waals surface area contributed by atoms with Crippen LogP contribution in [-0.2, 0) is 6.54 Å². The summed E-state index contributed by atoms with van der Waals surface area (Å²) in [6.45, 7) is 2.26. The smallest absolute Gasteiger partial charge is 0.272 e. The summed E-state index contributed by atoms with van der Waals surface area (Å²) in [5.41, 5.74) is 1.71. The predicted molar refractivity (Wildman–Crippen MR) is 77.1 cm³/mol. The second-order valence-electron chi connectivity index (χ2n) is 4.03. The van der Waals surface area contributed by atoms with Crippen molar-refractivity contribution < 1.29 is 4.92 Å². The molecule has 0 aliphatic rings. The first-order valence-corrected chi connectivity index (χ1v) is 6.45. The summed E-state index contributed by atoms with van der Waals surface area (Å²) in [4.78, 5) is 14.7. The Morgan fingerprint density at radius 1 is 1.37 bits per heavy atom. The third-order valence-electron chi connectivity index (χ3n) is 2.80. The fraction of sp³-hybridized carbons (Fsp3) is 0.154. The lowest BCUT2D eigenvalue weighted by Crippen LogP contribution is -2.04. The van der Waals surface area contributed by atoms with Crippen molar-refractivity contribution in [2.45, 2.75) is 13.5 Å². The molecule has 1 aromatic heterocycles. The molecule has 0 fully saturated rings. The van der Waals surface area contributed by atoms with Crippen LogP contribution >= 0.6 is 15.9 Å². The van der Waals surface area contributed by atoms with E-state index in [1.165, 1.54) is 6.07 Å². The number of aromatic nitrogens is 1. The highest BCUT2D eigenvalue weighted by molar-refractivity contribution is 9.10. The van der Waals surface area contributed by atoms with Gasteiger partial charge in [-0.1, -0.05) is 12.1 Å². The van der Waals surface area contributed by atoms with Crippen molar-refractivity contribution in [3.8, 4) is 0 Å². The molecule has 0 aliphatic carbocycles. The lowest BCUT2D eigenvalue weighted by molar-refractivity contribution is -0.385. The Labute approximate surface area is 119 Å². The summed E-state index contributed by atoms with van der Waals surface area (Å²) in [7, 11) is 0. The van der Waals surface area contributed by atoms with Crippen molar-refractivity contribution in [3.05, 3.63) is 62.2 Å². The summed E-state index contributed by atoms with van der Waals surface area (Å²) < 4.78 is 0.907. The molecular formula is C13H12BrN3O2. The molecule has 1 aromatic carbocycles. The molecule has 0 radical (unpaired) electrons. The quantitative estimate of drug-likeness (QED) is 0.689. The van der Waals surface area contributed by atoms with Gasteiger partial charge in [-0.2, -0.15) is 0 Å². The minimum Gasteiger partial charge on any atom is -0.366 e. The van der Waals surface area contributed by atoms with Crippen molar-refractivity contribution in [1.82, 2.24) is 4.98 Å². The molecule has 2 aromatic rings. The number of nitrogens with zero attached hydrogens (tertiary/aromatic N) is 2. The number of hydrogen-bond donors (Lipinski definition) is 1. The van der Waals surface area contributed by atoms with E-state index in [-0.39, 0.29) is 10.6 Å². The van der Waals surface area contributed by atoms with Gasteiger partial charge in [0.15, 0.2) is 0 Å². The topological polar surface area (TPSA) is 68.1 Å². The van der Waals surface area contributed by atoms with Crippen LogP contribution in [0.1, 0.15) is 11.1 Å². The van der Waals surface area contributed by atoms with Gasteiger partial charge in [-0.25, -0.2) is 4.98 Å². The van der Waals surface area contributed by atoms with Crippen molar-refractivity contribution in [2.75, 3.05) is 5.32 Å². The van der Waals surface area contributed by atoms with Gasteiger partial charge in [0.25, 0.3) is 5.69 Å². The van der Waals surface area contributed by atoms with Crippen LogP contribution < -0.4 is 5.32 Å². The third-order valence-corrected chi connectivity index (χ3v) is 3.27. The molecule has 0 saturated heterocycles. The van der Waals surface area contributed by atoms with E-state index in [0.29, 0.717) is 12.1 Å². The molecule has 5 nitrogen and oxygen atoms in total. The van der Waals surface area contributed by atoms with Gasteiger partial charge in [0.05, 0.1) is 4.92 Å². The molecule has 0 unspecified atom stereocenters. The SMILES string of the molecule is Cc1c(CNc2ccc(Br)cn2)cccc1[N+](=O)[O-]. The Bertz CT molecular complexity index is 599. The van der Waals surface area contributed by atoms with Crippen molar-refractivity contribution >= 4 is 27.4 Å². The summed E-state index contributed by atoms with van der Waals surface area (Å²) >= 11 is 3.31. The Morgan fingerprint density at radius 2 is 2.16 bits per heavy atom. The number of nitro groups is 1. The first kappa shape index (κ1) is 13.5. The number of hydrogen-bond acceptors (Lipinski definition) is 4. The molecule has 0 amide bonds. The second kappa shape index (κ2) is 5.79. The molecule has 6 heteroatoms. The molecule has 19 heavy (non-hydrogen) atoms. The van der Waals surface area contributed by atoms with E-state index in [4.69, 9.17) is 0 Å². The van der Waals surface area contributed by atoms with Gasteiger partial charge in [-0.05, 0) is 40.5 Å². The zero-order valence-electron chi connectivity index (χ0n) is 10.3. The molecule has 1 N–H and O–H groups in total. The molecule has 0 atom stereocenters. The molecule has 0 saturated carbocycles. The van der Waals surface area contributed by atoms with Crippen LogP contribution in [0.2, 0.25) is 0 Å². The molecule has 1 heterocycles. The third kappa shape index (κ3) is 3.29. The summed E-state index contributed by atoms with van der Waals surface area (Å²) in [6.07, 6.45) is 1.70. The van der Waals surface area contributed by atoms with Gasteiger partial charge in [0, 0.05) is 28.8 Å². The average Bonchev–Trinajstić information content (AvgIpc) is 2.39. The lowest BCUT2D eigenvalue weighted by atomic mass is 10.1. The fourth-order valence-electron chi connectivity index (χ4n) is 1.73. The van der Waals surface area contributed by atoms with Crippen LogP contribution in [0.25, 0.3) is 0 Å². The van der Waals surface area contributed by atoms with E-state index < -0.39 is 0 Å². The largest absolute Gasteiger partial charge is 0.366 e. The van der Waals surface area contributed by atoms with Gasteiger partial charge in [0.2, 0.25) is 0 Å². The van der Waals surface area contributed by atoms with E-state index in [9.17, 15) is 10.1 Å². The van der Waals surface area contributed by atoms with E-state index in [0.717, 1.165) is 15.9 Å². The molecule has 0 bridgehead atoms. The molecule has 0 aliphatic heterocycles. The zero-order valence-corrected chi connectivity index (χ0v) is 11.8. The zero-order chi connectivity index (χ0) is 13.8. The highest BCUT2D eigenvalue weighted by Crippen LogP contribution is 2.21. The fourth-order valence-corrected chi connectivity index (χ4v) is 1.96. The number of anilines is 1. The number of nitrogens with one attached hydrogen (secondary N) is 1. The van der Waals surface area contributed by atoms with Crippen LogP contribution in [-0.4, -0.2) is 9.91 Å². The minimum atomic E-state index is -0.364. The lowest BCUT2D eigenvalue weighted by Gasteiger charge is -2.08. The second-order valence-corrected chi connectivity index (χ2v) is 4.95. The number of nitro benzene ring substituents is 1. The van der Waals surface area contributed by atoms with Gasteiger partial charge in [-0.15, -0.1) is 0 Å². The Morgan fingerprint density at radius 3 is 2.79 bits per heavy atom. The molecule has 2 rings (SSSR count). The summed E-state index contributed by atoms with van der Waals surface area (Å²) in [6, 6.07) is 8.80. The molecule has 98 valence electrons. The maximum absolute atomic E-state index is 10.9. The normalized spacial score (nSPS) is 10.2. The number of halogens is 1. The maximum Gasteiger partial charge on any atom is 0.272 e. The van der Waals surface area contributed by atoms with Crippen LogP contribution in [0, 0.1) is 17.0 Å². The van der Waals surface area contributed by atoms with Crippen LogP contribution in [0.3, 0.4) is 0 Å². The van der Waals surface area contributed by atoms with E-state index in [2.05, 4.69) is 26.2 Å². The number of pyridine rings is 1. The molecular weight excluding hydrogens is 310 g/mol. The van der Waals surface area contributed by atoms with Gasteiger partial charge >= 0.3 is 0 Å². The van der Waals surface area contributed by atoms with E-state index in [1.54, 1.807) is 19.2 Å². The van der Waals surface area contributed by atoms with E-state index in [1.807, 2.05) is 18.2 Å². The van der Waals surface area contributed by atoms with Crippen LogP contribution in [0.4, 0.5) is 11.5 Å². The summed E-state index contributed by atoms with van der Waals surface area (Å²) in [5, 5.41) is 14.0. The standard InChI is InChI=1S/C13H12BrN3O2/c1-9-10(3-2-4-12(9)17(18)19)7-15-13-6-5-11(14)8-16-13/h2-6,8H,7H2,1H3,(H,15,16). The Balaban J connectivity index is 2.13. The van der Waals surface area contributed by atoms with Crippen molar-refractivity contribution in [3.63, 3.8) is 0 Å². The van der Waals surface area contributed by atoms with E-state index >= 15 is 0 Å². The monoisotopic (exact) mass is 321 g/mol. The maximum atomic E-state index is 10.9. The first-order valence-electron chi connectivity index (χ1n) is 5.66. The van der Waals surface area contributed by atoms with Crippen molar-refractivity contribution in [2.24, 2.45) is 0 Å². The first-order chi connectivity index (χ1) is 9.08. The van der Waals surface area contributed by atoms with Crippen LogP contribution in [0.15, 0.2) is 41.0 Å². The van der Waals surface area contributed by atoms with Gasteiger partial charge in [-0.3, -0.25) is 10.1 Å². The minimum absolute atomic E-state index is 0.142. The van der Waals surface area contributed by atoms with Gasteiger partial charge < -0.3 is 5.32 Å². The Kier molecular flexibility index (Phi) is 4.11. The number of benzene rings is 1. The van der Waals surface area contributed by atoms with Crippen LogP contribution in [0.5, 0.6) is 0 Å². The highest BCUT2D eigenvalue weighted by Gasteiger charge is 2.12.